The number of rotatable bonds is 1. The van der Waals surface area contributed by atoms with Crippen molar-refractivity contribution in [2.24, 2.45) is 17.8 Å². The fraction of sp³-hybridized carbons (Fsp3) is 0.857. The van der Waals surface area contributed by atoms with Crippen LogP contribution < -0.4 is 0 Å². The molecule has 0 aromatic carbocycles. The summed E-state index contributed by atoms with van der Waals surface area (Å²) in [6.45, 7) is 6.84. The number of hydrogen-bond acceptors (Lipinski definition) is 3. The van der Waals surface area contributed by atoms with Crippen molar-refractivity contribution in [3.8, 4) is 0 Å². The third-order valence-corrected chi connectivity index (χ3v) is 3.86. The van der Waals surface area contributed by atoms with E-state index >= 15 is 0 Å². The molecule has 1 aliphatic heterocycles. The normalized spacial score (nSPS) is 30.9. The van der Waals surface area contributed by atoms with Gasteiger partial charge in [-0.25, -0.2) is 4.79 Å². The van der Waals surface area contributed by atoms with Crippen molar-refractivity contribution in [1.82, 2.24) is 4.90 Å². The van der Waals surface area contributed by atoms with Crippen molar-refractivity contribution in [2.75, 3.05) is 13.1 Å². The molecule has 0 spiro atoms. The Hall–Kier alpha value is -1.26. The van der Waals surface area contributed by atoms with Crippen molar-refractivity contribution in [1.29, 1.82) is 0 Å². The predicted molar refractivity (Wildman–Crippen MR) is 69.8 cm³/mol. The Labute approximate surface area is 113 Å². The molecule has 0 aromatic heterocycles. The van der Waals surface area contributed by atoms with Gasteiger partial charge in [0.05, 0.1) is 5.92 Å². The fourth-order valence-corrected chi connectivity index (χ4v) is 3.24. The van der Waals surface area contributed by atoms with Crippen LogP contribution in [0.3, 0.4) is 0 Å². The van der Waals surface area contributed by atoms with Gasteiger partial charge in [-0.2, -0.15) is 0 Å². The van der Waals surface area contributed by atoms with Crippen molar-refractivity contribution >= 4 is 12.1 Å². The third kappa shape index (κ3) is 3.61. The molecule has 0 radical (unpaired) electrons. The number of aliphatic carboxylic acids is 1. The lowest BCUT2D eigenvalue weighted by atomic mass is 9.72. The van der Waals surface area contributed by atoms with Crippen LogP contribution in [-0.2, 0) is 9.53 Å². The van der Waals surface area contributed by atoms with Crippen LogP contribution in [-0.4, -0.2) is 40.8 Å². The molecule has 1 N–H and O–H groups in total. The molecule has 1 saturated carbocycles. The number of nitrogens with zero attached hydrogens (tertiary/aromatic N) is 1. The zero-order chi connectivity index (χ0) is 14.2. The molecule has 2 bridgehead atoms. The van der Waals surface area contributed by atoms with Gasteiger partial charge >= 0.3 is 12.1 Å². The Kier molecular flexibility index (Phi) is 3.74. The monoisotopic (exact) mass is 269 g/mol. The van der Waals surface area contributed by atoms with E-state index in [9.17, 15) is 9.59 Å². The number of amides is 1. The summed E-state index contributed by atoms with van der Waals surface area (Å²) in [5, 5.41) is 9.12. The van der Waals surface area contributed by atoms with E-state index in [-0.39, 0.29) is 12.0 Å². The maximum atomic E-state index is 12.0. The molecule has 5 nitrogen and oxygen atoms in total. The molecule has 1 heterocycles. The number of ether oxygens (including phenoxy) is 1. The van der Waals surface area contributed by atoms with Crippen LogP contribution in [0.1, 0.15) is 40.0 Å². The average molecular weight is 269 g/mol. The Morgan fingerprint density at radius 2 is 1.63 bits per heavy atom. The SMILES string of the molecule is CC(C)(C)OC(=O)N1C[C@@H]2CC(C(=O)O)C[C@H](C2)C1. The van der Waals surface area contributed by atoms with Gasteiger partial charge in [-0.15, -0.1) is 0 Å². The molecular formula is C14H23NO4. The van der Waals surface area contributed by atoms with Gasteiger partial charge in [0, 0.05) is 13.1 Å². The van der Waals surface area contributed by atoms with Crippen LogP contribution in [0.2, 0.25) is 0 Å². The summed E-state index contributed by atoms with van der Waals surface area (Å²) in [7, 11) is 0. The molecule has 1 aliphatic carbocycles. The number of carboxylic acid groups (broad SMARTS) is 1. The van der Waals surface area contributed by atoms with E-state index in [1.165, 1.54) is 0 Å². The molecule has 19 heavy (non-hydrogen) atoms. The Bertz CT molecular complexity index is 360. The second-order valence-electron chi connectivity index (χ2n) is 6.86. The van der Waals surface area contributed by atoms with Gasteiger partial charge in [0.2, 0.25) is 0 Å². The highest BCUT2D eigenvalue weighted by atomic mass is 16.6. The summed E-state index contributed by atoms with van der Waals surface area (Å²) in [5.74, 6) is -0.313. The minimum Gasteiger partial charge on any atom is -0.481 e. The second kappa shape index (κ2) is 5.02. The first-order valence-electron chi connectivity index (χ1n) is 6.95. The lowest BCUT2D eigenvalue weighted by Gasteiger charge is -2.43. The van der Waals surface area contributed by atoms with E-state index in [1.54, 1.807) is 4.90 Å². The van der Waals surface area contributed by atoms with Crippen LogP contribution in [0.4, 0.5) is 4.79 Å². The predicted octanol–water partition coefficient (Wildman–Crippen LogP) is 2.35. The molecule has 1 saturated heterocycles. The fourth-order valence-electron chi connectivity index (χ4n) is 3.24. The zero-order valence-corrected chi connectivity index (χ0v) is 11.9. The van der Waals surface area contributed by atoms with E-state index in [4.69, 9.17) is 9.84 Å². The van der Waals surface area contributed by atoms with E-state index in [1.807, 2.05) is 20.8 Å². The molecule has 0 aromatic rings. The maximum Gasteiger partial charge on any atom is 0.410 e. The van der Waals surface area contributed by atoms with Gasteiger partial charge in [0.15, 0.2) is 0 Å². The molecule has 2 rings (SSSR count). The molecule has 0 unspecified atom stereocenters. The summed E-state index contributed by atoms with van der Waals surface area (Å²) in [5.41, 5.74) is -0.479. The highest BCUT2D eigenvalue weighted by molar-refractivity contribution is 5.71. The number of hydrogen-bond donors (Lipinski definition) is 1. The minimum atomic E-state index is -0.694. The number of likely N-dealkylation sites (tertiary alicyclic amines) is 1. The van der Waals surface area contributed by atoms with Gasteiger partial charge in [-0.05, 0) is 51.9 Å². The summed E-state index contributed by atoms with van der Waals surface area (Å²) in [6.07, 6.45) is 2.15. The molecule has 2 atom stereocenters. The lowest BCUT2D eigenvalue weighted by Crippen LogP contribution is -2.49. The van der Waals surface area contributed by atoms with Crippen molar-refractivity contribution in [3.05, 3.63) is 0 Å². The van der Waals surface area contributed by atoms with Crippen molar-refractivity contribution < 1.29 is 19.4 Å². The van der Waals surface area contributed by atoms with Gasteiger partial charge in [0.1, 0.15) is 5.60 Å². The standard InChI is InChI=1S/C14H23NO4/c1-14(2,3)19-13(18)15-7-9-4-10(8-15)6-11(5-9)12(16)17/h9-11H,4-8H2,1-3H3,(H,16,17)/t9-,10-/m0/s1. The number of fused-ring (bicyclic) bond motifs is 2. The zero-order valence-electron chi connectivity index (χ0n) is 11.9. The summed E-state index contributed by atoms with van der Waals surface area (Å²) in [4.78, 5) is 24.9. The first-order chi connectivity index (χ1) is 8.74. The van der Waals surface area contributed by atoms with Gasteiger partial charge in [-0.1, -0.05) is 0 Å². The summed E-state index contributed by atoms with van der Waals surface area (Å²) < 4.78 is 5.39. The molecular weight excluding hydrogens is 246 g/mol. The van der Waals surface area contributed by atoms with E-state index in [0.29, 0.717) is 37.8 Å². The number of piperidine rings is 1. The maximum absolute atomic E-state index is 12.0. The van der Waals surface area contributed by atoms with Crippen molar-refractivity contribution in [3.63, 3.8) is 0 Å². The first-order valence-corrected chi connectivity index (χ1v) is 6.95. The summed E-state index contributed by atoms with van der Waals surface area (Å²) >= 11 is 0. The first kappa shape index (κ1) is 14.2. The highest BCUT2D eigenvalue weighted by Gasteiger charge is 2.40. The Balaban J connectivity index is 1.95. The summed E-state index contributed by atoms with van der Waals surface area (Å²) in [6, 6.07) is 0. The average Bonchev–Trinajstić information content (AvgIpc) is 2.25. The van der Waals surface area contributed by atoms with Crippen molar-refractivity contribution in [2.45, 2.75) is 45.6 Å². The van der Waals surface area contributed by atoms with Crippen LogP contribution in [0.5, 0.6) is 0 Å². The molecule has 108 valence electrons. The molecule has 5 heteroatoms. The highest BCUT2D eigenvalue weighted by Crippen LogP contribution is 2.38. The number of carbonyl (C=O) groups excluding carboxylic acids is 1. The van der Waals surface area contributed by atoms with Crippen LogP contribution in [0, 0.1) is 17.8 Å². The van der Waals surface area contributed by atoms with E-state index in [0.717, 1.165) is 6.42 Å². The van der Waals surface area contributed by atoms with E-state index < -0.39 is 11.6 Å². The Morgan fingerprint density at radius 3 is 2.05 bits per heavy atom. The molecule has 1 amide bonds. The van der Waals surface area contributed by atoms with Gasteiger partial charge < -0.3 is 14.7 Å². The van der Waals surface area contributed by atoms with Gasteiger partial charge in [-0.3, -0.25) is 4.79 Å². The molecule has 2 aliphatic rings. The molecule has 2 fully saturated rings. The largest absolute Gasteiger partial charge is 0.481 e. The van der Waals surface area contributed by atoms with Crippen LogP contribution in [0.15, 0.2) is 0 Å². The smallest absolute Gasteiger partial charge is 0.410 e. The number of carboxylic acids is 1. The quantitative estimate of drug-likeness (QED) is 0.793. The van der Waals surface area contributed by atoms with E-state index in [2.05, 4.69) is 0 Å². The number of carbonyl (C=O) groups is 2. The van der Waals surface area contributed by atoms with Gasteiger partial charge in [0.25, 0.3) is 0 Å². The van der Waals surface area contributed by atoms with Crippen LogP contribution >= 0.6 is 0 Å². The second-order valence-corrected chi connectivity index (χ2v) is 6.86. The minimum absolute atomic E-state index is 0.232. The topological polar surface area (TPSA) is 66.8 Å². The van der Waals surface area contributed by atoms with Crippen LogP contribution in [0.25, 0.3) is 0 Å². The third-order valence-electron chi connectivity index (χ3n) is 3.86. The lowest BCUT2D eigenvalue weighted by molar-refractivity contribution is -0.145. The Morgan fingerprint density at radius 1 is 1.11 bits per heavy atom.